The third-order valence-electron chi connectivity index (χ3n) is 4.88. The molecule has 0 fully saturated rings. The maximum atomic E-state index is 12.5. The fourth-order valence-electron chi connectivity index (χ4n) is 3.24. The van der Waals surface area contributed by atoms with Crippen LogP contribution in [0.3, 0.4) is 0 Å². The lowest BCUT2D eigenvalue weighted by Crippen LogP contribution is -2.35. The van der Waals surface area contributed by atoms with Crippen molar-refractivity contribution in [3.05, 3.63) is 95.1 Å². The van der Waals surface area contributed by atoms with Crippen LogP contribution < -0.4 is 15.4 Å². The van der Waals surface area contributed by atoms with E-state index in [0.717, 1.165) is 16.7 Å². The molecule has 0 atom stereocenters. The third kappa shape index (κ3) is 6.93. The minimum Gasteiger partial charge on any atom is -0.495 e. The number of amides is 2. The second-order valence-corrected chi connectivity index (χ2v) is 7.42. The van der Waals surface area contributed by atoms with Crippen molar-refractivity contribution in [2.75, 3.05) is 25.6 Å². The Hall–Kier alpha value is -4.13. The Morgan fingerprint density at radius 1 is 0.879 bits per heavy atom. The molecule has 2 amide bonds. The van der Waals surface area contributed by atoms with E-state index in [1.165, 1.54) is 7.11 Å². The van der Waals surface area contributed by atoms with Gasteiger partial charge in [0.05, 0.1) is 24.9 Å². The largest absolute Gasteiger partial charge is 0.495 e. The Kier molecular flexibility index (Phi) is 8.18. The molecular formula is C26H26N2O5. The highest BCUT2D eigenvalue weighted by molar-refractivity contribution is 5.96. The number of benzene rings is 3. The number of methoxy groups -OCH3 is 1. The van der Waals surface area contributed by atoms with Crippen LogP contribution in [0.25, 0.3) is 0 Å². The van der Waals surface area contributed by atoms with Gasteiger partial charge in [-0.25, -0.2) is 4.79 Å². The Morgan fingerprint density at radius 2 is 1.61 bits per heavy atom. The van der Waals surface area contributed by atoms with Gasteiger partial charge in [-0.1, -0.05) is 54.6 Å². The maximum absolute atomic E-state index is 12.5. The summed E-state index contributed by atoms with van der Waals surface area (Å²) >= 11 is 0. The molecule has 7 heteroatoms. The second kappa shape index (κ2) is 11.5. The predicted molar refractivity (Wildman–Crippen MR) is 125 cm³/mol. The lowest BCUT2D eigenvalue weighted by Gasteiger charge is -2.12. The van der Waals surface area contributed by atoms with E-state index in [1.807, 2.05) is 55.5 Å². The highest BCUT2D eigenvalue weighted by Gasteiger charge is 2.15. The standard InChI is InChI=1S/C26H26N2O5/c1-18-12-13-23(32-2)22(14-18)28-24(29)16-27-25(30)17-33-26(31)21-11-7-6-10-20(21)15-19-8-4-3-5-9-19/h3-14H,15-17H2,1-2H3,(H,27,30)(H,28,29). The number of nitrogens with one attached hydrogen (secondary N) is 2. The molecule has 0 bridgehead atoms. The second-order valence-electron chi connectivity index (χ2n) is 7.42. The summed E-state index contributed by atoms with van der Waals surface area (Å²) in [5, 5.41) is 5.14. The molecule has 33 heavy (non-hydrogen) atoms. The molecule has 0 spiro atoms. The van der Waals surface area contributed by atoms with Gasteiger partial charge in [0.2, 0.25) is 5.91 Å². The molecule has 0 aliphatic carbocycles. The molecule has 0 aliphatic rings. The van der Waals surface area contributed by atoms with Crippen molar-refractivity contribution in [3.63, 3.8) is 0 Å². The molecule has 0 aromatic heterocycles. The van der Waals surface area contributed by atoms with Gasteiger partial charge in [0.15, 0.2) is 6.61 Å². The first-order valence-electron chi connectivity index (χ1n) is 10.5. The van der Waals surface area contributed by atoms with Gasteiger partial charge < -0.3 is 20.1 Å². The van der Waals surface area contributed by atoms with Gasteiger partial charge in [-0.3, -0.25) is 9.59 Å². The number of esters is 1. The number of anilines is 1. The van der Waals surface area contributed by atoms with E-state index < -0.39 is 24.4 Å². The smallest absolute Gasteiger partial charge is 0.338 e. The summed E-state index contributed by atoms with van der Waals surface area (Å²) in [5.74, 6) is -1.07. The number of ether oxygens (including phenoxy) is 2. The van der Waals surface area contributed by atoms with Gasteiger partial charge in [-0.15, -0.1) is 0 Å². The van der Waals surface area contributed by atoms with Gasteiger partial charge in [0.1, 0.15) is 5.75 Å². The summed E-state index contributed by atoms with van der Waals surface area (Å²) in [6, 6.07) is 22.3. The lowest BCUT2D eigenvalue weighted by molar-refractivity contribution is -0.126. The van der Waals surface area contributed by atoms with Crippen LogP contribution in [0.15, 0.2) is 72.8 Å². The average molecular weight is 447 g/mol. The molecule has 170 valence electrons. The molecule has 0 saturated carbocycles. The van der Waals surface area contributed by atoms with Crippen LogP contribution >= 0.6 is 0 Å². The first kappa shape index (κ1) is 23.5. The molecule has 7 nitrogen and oxygen atoms in total. The van der Waals surface area contributed by atoms with Crippen molar-refractivity contribution in [2.45, 2.75) is 13.3 Å². The van der Waals surface area contributed by atoms with Crippen molar-refractivity contribution in [1.82, 2.24) is 5.32 Å². The van der Waals surface area contributed by atoms with Crippen LogP contribution in [0.1, 0.15) is 27.0 Å². The summed E-state index contributed by atoms with van der Waals surface area (Å²) < 4.78 is 10.4. The Bertz CT molecular complexity index is 1130. The average Bonchev–Trinajstić information content (AvgIpc) is 2.82. The number of hydrogen-bond donors (Lipinski definition) is 2. The van der Waals surface area contributed by atoms with E-state index in [2.05, 4.69) is 10.6 Å². The highest BCUT2D eigenvalue weighted by Crippen LogP contribution is 2.24. The SMILES string of the molecule is COc1ccc(C)cc1NC(=O)CNC(=O)COC(=O)c1ccccc1Cc1ccccc1. The summed E-state index contributed by atoms with van der Waals surface area (Å²) in [6.07, 6.45) is 0.570. The molecule has 3 rings (SSSR count). The van der Waals surface area contributed by atoms with Crippen molar-refractivity contribution in [1.29, 1.82) is 0 Å². The van der Waals surface area contributed by atoms with Gasteiger partial charge in [-0.05, 0) is 48.2 Å². The third-order valence-corrected chi connectivity index (χ3v) is 4.88. The Balaban J connectivity index is 1.50. The van der Waals surface area contributed by atoms with Gasteiger partial charge in [0, 0.05) is 0 Å². The number of carbonyl (C=O) groups excluding carboxylic acids is 3. The quantitative estimate of drug-likeness (QED) is 0.491. The van der Waals surface area contributed by atoms with E-state index in [1.54, 1.807) is 24.3 Å². The fourth-order valence-corrected chi connectivity index (χ4v) is 3.24. The van der Waals surface area contributed by atoms with Crippen molar-refractivity contribution in [3.8, 4) is 5.75 Å². The summed E-state index contributed by atoms with van der Waals surface area (Å²) in [5.41, 5.74) is 3.73. The summed E-state index contributed by atoms with van der Waals surface area (Å²) in [7, 11) is 1.51. The minimum absolute atomic E-state index is 0.266. The molecule has 3 aromatic rings. The van der Waals surface area contributed by atoms with E-state index >= 15 is 0 Å². The van der Waals surface area contributed by atoms with Crippen LogP contribution in [-0.4, -0.2) is 38.0 Å². The monoisotopic (exact) mass is 446 g/mol. The van der Waals surface area contributed by atoms with E-state index in [0.29, 0.717) is 23.4 Å². The summed E-state index contributed by atoms with van der Waals surface area (Å²) in [6.45, 7) is 1.14. The van der Waals surface area contributed by atoms with Crippen molar-refractivity contribution < 1.29 is 23.9 Å². The predicted octanol–water partition coefficient (Wildman–Crippen LogP) is 3.51. The highest BCUT2D eigenvalue weighted by atomic mass is 16.5. The van der Waals surface area contributed by atoms with Crippen molar-refractivity contribution >= 4 is 23.5 Å². The molecule has 0 saturated heterocycles. The zero-order chi connectivity index (χ0) is 23.6. The van der Waals surface area contributed by atoms with E-state index in [4.69, 9.17) is 9.47 Å². The number of aryl methyl sites for hydroxylation is 1. The first-order chi connectivity index (χ1) is 16.0. The zero-order valence-electron chi connectivity index (χ0n) is 18.6. The van der Waals surface area contributed by atoms with Gasteiger partial charge in [0.25, 0.3) is 5.91 Å². The minimum atomic E-state index is -0.592. The molecule has 0 heterocycles. The molecule has 0 radical (unpaired) electrons. The number of hydrogen-bond acceptors (Lipinski definition) is 5. The van der Waals surface area contributed by atoms with Crippen LogP contribution in [0.2, 0.25) is 0 Å². The van der Waals surface area contributed by atoms with E-state index in [-0.39, 0.29) is 6.54 Å². The normalized spacial score (nSPS) is 10.2. The first-order valence-corrected chi connectivity index (χ1v) is 10.5. The molecule has 3 aromatic carbocycles. The number of rotatable bonds is 9. The number of carbonyl (C=O) groups is 3. The fraction of sp³-hybridized carbons (Fsp3) is 0.192. The van der Waals surface area contributed by atoms with Crippen LogP contribution in [-0.2, 0) is 20.7 Å². The Labute approximate surface area is 192 Å². The van der Waals surface area contributed by atoms with E-state index in [9.17, 15) is 14.4 Å². The molecule has 0 unspecified atom stereocenters. The van der Waals surface area contributed by atoms with Crippen LogP contribution in [0, 0.1) is 6.92 Å². The lowest BCUT2D eigenvalue weighted by atomic mass is 10.00. The van der Waals surface area contributed by atoms with Crippen molar-refractivity contribution in [2.24, 2.45) is 0 Å². The van der Waals surface area contributed by atoms with Crippen LogP contribution in [0.5, 0.6) is 5.75 Å². The molecule has 2 N–H and O–H groups in total. The Morgan fingerprint density at radius 3 is 2.36 bits per heavy atom. The van der Waals surface area contributed by atoms with Gasteiger partial charge >= 0.3 is 5.97 Å². The summed E-state index contributed by atoms with van der Waals surface area (Å²) in [4.78, 5) is 36.8. The van der Waals surface area contributed by atoms with Crippen LogP contribution in [0.4, 0.5) is 5.69 Å². The topological polar surface area (TPSA) is 93.7 Å². The maximum Gasteiger partial charge on any atom is 0.338 e. The zero-order valence-corrected chi connectivity index (χ0v) is 18.6. The van der Waals surface area contributed by atoms with Gasteiger partial charge in [-0.2, -0.15) is 0 Å². The molecule has 0 aliphatic heterocycles. The molecular weight excluding hydrogens is 420 g/mol.